The van der Waals surface area contributed by atoms with Gasteiger partial charge in [-0.2, -0.15) is 0 Å². The molecule has 0 aliphatic rings. The molecule has 0 unspecified atom stereocenters. The van der Waals surface area contributed by atoms with Crippen molar-refractivity contribution in [3.05, 3.63) is 24.5 Å². The lowest BCUT2D eigenvalue weighted by molar-refractivity contribution is 0.787. The summed E-state index contributed by atoms with van der Waals surface area (Å²) in [5.41, 5.74) is 2.46. The van der Waals surface area contributed by atoms with Gasteiger partial charge in [0, 0.05) is 26.1 Å². The quantitative estimate of drug-likeness (QED) is 0.475. The van der Waals surface area contributed by atoms with Crippen LogP contribution >= 0.6 is 0 Å². The van der Waals surface area contributed by atoms with Crippen LogP contribution in [0.1, 0.15) is 5.82 Å². The van der Waals surface area contributed by atoms with Gasteiger partial charge in [0.25, 0.3) is 0 Å². The van der Waals surface area contributed by atoms with E-state index in [0.29, 0.717) is 12.4 Å². The lowest BCUT2D eigenvalue weighted by Gasteiger charge is -2.06. The summed E-state index contributed by atoms with van der Waals surface area (Å²) in [7, 11) is 1.91. The molecule has 0 aromatic carbocycles. The van der Waals surface area contributed by atoms with Crippen LogP contribution in [0.3, 0.4) is 0 Å². The molecule has 90 valence electrons. The maximum absolute atomic E-state index is 5.25. The molecule has 17 heavy (non-hydrogen) atoms. The van der Waals surface area contributed by atoms with Gasteiger partial charge in [0.1, 0.15) is 30.1 Å². The maximum Gasteiger partial charge on any atom is 0.145 e. The maximum atomic E-state index is 5.25. The predicted molar refractivity (Wildman–Crippen MR) is 63.0 cm³/mol. The van der Waals surface area contributed by atoms with Crippen LogP contribution in [0.4, 0.5) is 11.6 Å². The van der Waals surface area contributed by atoms with Gasteiger partial charge >= 0.3 is 0 Å². The smallest absolute Gasteiger partial charge is 0.145 e. The summed E-state index contributed by atoms with van der Waals surface area (Å²) in [6.45, 7) is 0.716. The Morgan fingerprint density at radius 3 is 2.88 bits per heavy atom. The van der Waals surface area contributed by atoms with Crippen LogP contribution in [-0.2, 0) is 13.5 Å². The van der Waals surface area contributed by atoms with E-state index in [-0.39, 0.29) is 0 Å². The van der Waals surface area contributed by atoms with Crippen molar-refractivity contribution in [2.24, 2.45) is 12.9 Å². The number of nitrogens with two attached hydrogens (primary N) is 1. The van der Waals surface area contributed by atoms with E-state index in [1.165, 1.54) is 6.33 Å². The highest BCUT2D eigenvalue weighted by Gasteiger charge is 2.01. The number of aryl methyl sites for hydroxylation is 1. The zero-order valence-corrected chi connectivity index (χ0v) is 9.46. The Kier molecular flexibility index (Phi) is 3.46. The average Bonchev–Trinajstić information content (AvgIpc) is 2.76. The Morgan fingerprint density at radius 2 is 2.18 bits per heavy atom. The van der Waals surface area contributed by atoms with Gasteiger partial charge in [0.05, 0.1) is 0 Å². The van der Waals surface area contributed by atoms with Crippen molar-refractivity contribution in [2.45, 2.75) is 6.42 Å². The molecule has 2 aromatic heterocycles. The van der Waals surface area contributed by atoms with E-state index in [1.807, 2.05) is 11.6 Å². The van der Waals surface area contributed by atoms with Gasteiger partial charge < -0.3 is 15.3 Å². The van der Waals surface area contributed by atoms with Gasteiger partial charge in [0.2, 0.25) is 0 Å². The second-order valence-corrected chi connectivity index (χ2v) is 3.47. The molecule has 2 heterocycles. The molecule has 8 nitrogen and oxygen atoms in total. The van der Waals surface area contributed by atoms with Gasteiger partial charge in [-0.25, -0.2) is 15.8 Å². The molecular formula is C9H14N8. The van der Waals surface area contributed by atoms with Gasteiger partial charge in [0.15, 0.2) is 0 Å². The van der Waals surface area contributed by atoms with Gasteiger partial charge in [-0.1, -0.05) is 0 Å². The van der Waals surface area contributed by atoms with E-state index in [0.717, 1.165) is 18.1 Å². The number of hydrogen-bond donors (Lipinski definition) is 3. The second-order valence-electron chi connectivity index (χ2n) is 3.47. The van der Waals surface area contributed by atoms with E-state index in [1.54, 1.807) is 12.4 Å². The number of nitrogens with one attached hydrogen (secondary N) is 2. The Hall–Kier alpha value is -2.22. The predicted octanol–water partition coefficient (Wildman–Crippen LogP) is -0.455. The molecule has 2 rings (SSSR count). The Balaban J connectivity index is 1.87. The molecule has 4 N–H and O–H groups in total. The fourth-order valence-corrected chi connectivity index (χ4v) is 1.37. The summed E-state index contributed by atoms with van der Waals surface area (Å²) in [6, 6.07) is 1.73. The number of rotatable bonds is 5. The van der Waals surface area contributed by atoms with Crippen LogP contribution in [-0.4, -0.2) is 31.3 Å². The summed E-state index contributed by atoms with van der Waals surface area (Å²) >= 11 is 0. The fourth-order valence-electron chi connectivity index (χ4n) is 1.37. The molecule has 0 aliphatic heterocycles. The first kappa shape index (κ1) is 11.3. The van der Waals surface area contributed by atoms with E-state index >= 15 is 0 Å². The monoisotopic (exact) mass is 234 g/mol. The molecule has 0 amide bonds. The van der Waals surface area contributed by atoms with Crippen molar-refractivity contribution in [3.8, 4) is 0 Å². The van der Waals surface area contributed by atoms with Crippen LogP contribution in [0.2, 0.25) is 0 Å². The highest BCUT2D eigenvalue weighted by atomic mass is 15.3. The second kappa shape index (κ2) is 5.21. The number of anilines is 2. The first-order valence-electron chi connectivity index (χ1n) is 5.15. The molecule has 0 spiro atoms. The Bertz CT molecular complexity index is 479. The molecular weight excluding hydrogens is 220 g/mol. The normalized spacial score (nSPS) is 10.2. The Labute approximate surface area is 98.3 Å². The number of aromatic nitrogens is 5. The van der Waals surface area contributed by atoms with E-state index in [4.69, 9.17) is 5.84 Å². The summed E-state index contributed by atoms with van der Waals surface area (Å²) in [5, 5.41) is 11.0. The number of hydrazine groups is 1. The third-order valence-corrected chi connectivity index (χ3v) is 2.27. The number of hydrogen-bond acceptors (Lipinski definition) is 7. The number of nitrogens with zero attached hydrogens (tertiary/aromatic N) is 5. The van der Waals surface area contributed by atoms with E-state index in [9.17, 15) is 0 Å². The first-order valence-corrected chi connectivity index (χ1v) is 5.15. The fraction of sp³-hybridized carbons (Fsp3) is 0.333. The highest BCUT2D eigenvalue weighted by Crippen LogP contribution is 2.06. The van der Waals surface area contributed by atoms with Crippen LogP contribution < -0.4 is 16.6 Å². The van der Waals surface area contributed by atoms with Crippen molar-refractivity contribution in [1.82, 2.24) is 24.7 Å². The largest absolute Gasteiger partial charge is 0.369 e. The molecule has 0 bridgehead atoms. The van der Waals surface area contributed by atoms with Crippen molar-refractivity contribution >= 4 is 11.6 Å². The summed E-state index contributed by atoms with van der Waals surface area (Å²) < 4.78 is 1.88. The lowest BCUT2D eigenvalue weighted by atomic mass is 10.4. The number of nitrogen functional groups attached to an aromatic ring is 1. The van der Waals surface area contributed by atoms with Crippen LogP contribution in [0.5, 0.6) is 0 Å². The molecule has 0 fully saturated rings. The molecule has 8 heteroatoms. The van der Waals surface area contributed by atoms with Crippen molar-refractivity contribution < 1.29 is 0 Å². The summed E-state index contributed by atoms with van der Waals surface area (Å²) in [6.07, 6.45) is 3.89. The minimum atomic E-state index is 0.571. The van der Waals surface area contributed by atoms with Crippen molar-refractivity contribution in [2.75, 3.05) is 17.3 Å². The van der Waals surface area contributed by atoms with Crippen LogP contribution in [0.15, 0.2) is 18.7 Å². The summed E-state index contributed by atoms with van der Waals surface area (Å²) in [5.74, 6) is 7.46. The molecule has 2 aromatic rings. The molecule has 0 atom stereocenters. The zero-order valence-electron chi connectivity index (χ0n) is 9.46. The van der Waals surface area contributed by atoms with Crippen LogP contribution in [0.25, 0.3) is 0 Å². The minimum Gasteiger partial charge on any atom is -0.369 e. The lowest BCUT2D eigenvalue weighted by Crippen LogP contribution is -2.12. The van der Waals surface area contributed by atoms with Crippen molar-refractivity contribution in [1.29, 1.82) is 0 Å². The first-order chi connectivity index (χ1) is 8.29. The minimum absolute atomic E-state index is 0.571. The Morgan fingerprint density at radius 1 is 1.35 bits per heavy atom. The highest BCUT2D eigenvalue weighted by molar-refractivity contribution is 5.45. The molecule has 0 aliphatic carbocycles. The van der Waals surface area contributed by atoms with Gasteiger partial charge in [-0.05, 0) is 0 Å². The zero-order chi connectivity index (χ0) is 12.1. The van der Waals surface area contributed by atoms with E-state index < -0.39 is 0 Å². The topological polar surface area (TPSA) is 107 Å². The summed E-state index contributed by atoms with van der Waals surface area (Å²) in [4.78, 5) is 7.98. The average molecular weight is 234 g/mol. The van der Waals surface area contributed by atoms with Crippen molar-refractivity contribution in [3.63, 3.8) is 0 Å². The third-order valence-electron chi connectivity index (χ3n) is 2.27. The standard InChI is InChI=1S/C9H14N8/c1-17-6-14-16-9(17)2-3-11-7-4-8(15-10)13-5-12-7/h4-6H,2-3,10H2,1H3,(H2,11,12,13,15). The molecule has 0 saturated heterocycles. The SMILES string of the molecule is Cn1cnnc1CCNc1cc(NN)ncn1. The third kappa shape index (κ3) is 2.88. The molecule has 0 radical (unpaired) electrons. The van der Waals surface area contributed by atoms with Gasteiger partial charge in [-0.3, -0.25) is 0 Å². The van der Waals surface area contributed by atoms with Crippen LogP contribution in [0, 0.1) is 0 Å². The van der Waals surface area contributed by atoms with E-state index in [2.05, 4.69) is 30.9 Å². The van der Waals surface area contributed by atoms with Gasteiger partial charge in [-0.15, -0.1) is 10.2 Å². The molecule has 0 saturated carbocycles.